The van der Waals surface area contributed by atoms with E-state index in [-0.39, 0.29) is 0 Å². The molecule has 0 saturated heterocycles. The van der Waals surface area contributed by atoms with Gasteiger partial charge in [-0.1, -0.05) is 161 Å². The second kappa shape index (κ2) is 17.7. The molecule has 0 amide bonds. The van der Waals surface area contributed by atoms with Crippen LogP contribution in [0, 0.1) is 0 Å². The maximum absolute atomic E-state index is 6.39. The first kappa shape index (κ1) is 40.6. The first-order chi connectivity index (χ1) is 32.2. The van der Waals surface area contributed by atoms with Crippen LogP contribution in [0.5, 0.6) is 0 Å². The van der Waals surface area contributed by atoms with E-state index in [0.29, 0.717) is 0 Å². The predicted molar refractivity (Wildman–Crippen MR) is 277 cm³/mol. The van der Waals surface area contributed by atoms with Gasteiger partial charge >= 0.3 is 0 Å². The fraction of sp³-hybridized carbons (Fsp3) is 0.0328. The topological polar surface area (TPSA) is 35.9 Å². The highest BCUT2D eigenvalue weighted by atomic mass is 16.3. The number of allylic oxidation sites excluding steroid dienone is 4. The molecule has 65 heavy (non-hydrogen) atoms. The van der Waals surface area contributed by atoms with Gasteiger partial charge in [-0.05, 0) is 112 Å². The molecule has 4 heteroatoms. The van der Waals surface area contributed by atoms with Crippen molar-refractivity contribution < 1.29 is 4.42 Å². The van der Waals surface area contributed by atoms with Gasteiger partial charge in [0.2, 0.25) is 0 Å². The lowest BCUT2D eigenvalue weighted by molar-refractivity contribution is 0.669. The maximum atomic E-state index is 6.39. The van der Waals surface area contributed by atoms with Crippen molar-refractivity contribution >= 4 is 65.6 Å². The van der Waals surface area contributed by atoms with E-state index in [0.717, 1.165) is 55.5 Å². The van der Waals surface area contributed by atoms with Gasteiger partial charge in [-0.15, -0.1) is 0 Å². The molecular weight excluding hydrogens is 791 g/mol. The molecule has 0 spiro atoms. The third-order valence-corrected chi connectivity index (χ3v) is 12.0. The Balaban J connectivity index is 0.000000579. The minimum Gasteiger partial charge on any atom is -0.456 e. The summed E-state index contributed by atoms with van der Waals surface area (Å²) in [5.74, 6) is 0. The Labute approximate surface area is 379 Å². The van der Waals surface area contributed by atoms with Gasteiger partial charge in [-0.2, -0.15) is 0 Å². The predicted octanol–water partition coefficient (Wildman–Crippen LogP) is 17.1. The molecule has 4 aromatic heterocycles. The van der Waals surface area contributed by atoms with Crippen LogP contribution in [-0.4, -0.2) is 14.1 Å². The molecule has 0 fully saturated rings. The van der Waals surface area contributed by atoms with Gasteiger partial charge < -0.3 is 13.6 Å². The molecule has 0 saturated carbocycles. The van der Waals surface area contributed by atoms with Crippen molar-refractivity contribution in [1.29, 1.82) is 0 Å². The maximum Gasteiger partial charge on any atom is 0.135 e. The molecule has 8 aromatic carbocycles. The molecule has 12 aromatic rings. The summed E-state index contributed by atoms with van der Waals surface area (Å²) in [5, 5.41) is 7.13. The summed E-state index contributed by atoms with van der Waals surface area (Å²) >= 11 is 0. The third kappa shape index (κ3) is 7.41. The van der Waals surface area contributed by atoms with Crippen LogP contribution in [0.2, 0.25) is 0 Å². The molecule has 312 valence electrons. The zero-order valence-electron chi connectivity index (χ0n) is 36.5. The number of hydrogen-bond donors (Lipinski definition) is 0. The molecule has 0 aliphatic rings. The molecule has 0 aliphatic carbocycles. The Morgan fingerprint density at radius 2 is 0.815 bits per heavy atom. The monoisotopic (exact) mass is 837 g/mol. The van der Waals surface area contributed by atoms with Gasteiger partial charge in [0.05, 0.1) is 28.3 Å². The Bertz CT molecular complexity index is 3630. The highest BCUT2D eigenvalue weighted by Crippen LogP contribution is 2.38. The van der Waals surface area contributed by atoms with Crippen molar-refractivity contribution in [2.24, 2.45) is 0 Å². The molecule has 0 N–H and O–H groups in total. The second-order valence-electron chi connectivity index (χ2n) is 15.7. The number of pyridine rings is 1. The van der Waals surface area contributed by atoms with Gasteiger partial charge in [0, 0.05) is 49.9 Å². The van der Waals surface area contributed by atoms with Crippen LogP contribution in [0.15, 0.2) is 242 Å². The summed E-state index contributed by atoms with van der Waals surface area (Å²) in [6.07, 6.45) is 10.9. The fourth-order valence-corrected chi connectivity index (χ4v) is 9.12. The van der Waals surface area contributed by atoms with E-state index in [2.05, 4.69) is 215 Å². The Morgan fingerprint density at radius 3 is 1.37 bits per heavy atom. The number of furan rings is 1. The molecule has 12 rings (SSSR count). The van der Waals surface area contributed by atoms with Crippen LogP contribution >= 0.6 is 0 Å². The normalized spacial score (nSPS) is 11.3. The van der Waals surface area contributed by atoms with Crippen molar-refractivity contribution in [1.82, 2.24) is 14.1 Å². The van der Waals surface area contributed by atoms with Gasteiger partial charge in [-0.25, -0.2) is 0 Å². The van der Waals surface area contributed by atoms with E-state index in [1.54, 1.807) is 12.2 Å². The quantitative estimate of drug-likeness (QED) is 0.150. The molecular formula is C61H47N3O. The average Bonchev–Trinajstić information content (AvgIpc) is 4.04. The average molecular weight is 838 g/mol. The van der Waals surface area contributed by atoms with E-state index >= 15 is 0 Å². The number of benzene rings is 8. The molecule has 4 heterocycles. The first-order valence-corrected chi connectivity index (χ1v) is 22.2. The molecule has 4 nitrogen and oxygen atoms in total. The number of nitrogens with zero attached hydrogens (tertiary/aromatic N) is 3. The standard InChI is InChI=1S/C53H33N3O.C6H8.C2H6/c1-4-19-48-42(16-1)43-17-2-5-20-49(43)55(48)40-15-9-14-38(30-40)36-12-7-10-34(28-36)35-11-8-13-37(29-35)39-22-24-52-46(31-39)47-32-41(23-25-53(47)57-52)56-50-21-6-3-18-44(50)45-26-27-54-33-51(45)56;1-3-5-6-4-2;1-2/h1-33H;3-6H,1-2H2;1-2H3/b;6-5-;. The number of para-hydroxylation sites is 3. The Kier molecular flexibility index (Phi) is 11.1. The van der Waals surface area contributed by atoms with Gasteiger partial charge in [0.1, 0.15) is 11.2 Å². The molecule has 0 radical (unpaired) electrons. The fourth-order valence-electron chi connectivity index (χ4n) is 9.12. The van der Waals surface area contributed by atoms with Crippen LogP contribution in [0.1, 0.15) is 13.8 Å². The van der Waals surface area contributed by atoms with Crippen LogP contribution < -0.4 is 0 Å². The smallest absolute Gasteiger partial charge is 0.135 e. The summed E-state index contributed by atoms with van der Waals surface area (Å²) in [7, 11) is 0. The third-order valence-electron chi connectivity index (χ3n) is 12.0. The molecule has 0 aliphatic heterocycles. The second-order valence-corrected chi connectivity index (χ2v) is 15.7. The number of aromatic nitrogens is 3. The number of rotatable bonds is 7. The Hall–Kier alpha value is -8.47. The van der Waals surface area contributed by atoms with E-state index < -0.39 is 0 Å². The van der Waals surface area contributed by atoms with Crippen LogP contribution in [-0.2, 0) is 0 Å². The highest BCUT2D eigenvalue weighted by molar-refractivity contribution is 6.11. The van der Waals surface area contributed by atoms with E-state index in [1.165, 1.54) is 54.8 Å². The van der Waals surface area contributed by atoms with Gasteiger partial charge in [-0.3, -0.25) is 4.98 Å². The van der Waals surface area contributed by atoms with Gasteiger partial charge in [0.25, 0.3) is 0 Å². The van der Waals surface area contributed by atoms with Crippen LogP contribution in [0.3, 0.4) is 0 Å². The lowest BCUT2D eigenvalue weighted by atomic mass is 9.95. The summed E-state index contributed by atoms with van der Waals surface area (Å²) in [6.45, 7) is 10.9. The van der Waals surface area contributed by atoms with Crippen molar-refractivity contribution in [3.63, 3.8) is 0 Å². The lowest BCUT2D eigenvalue weighted by Gasteiger charge is -2.12. The summed E-state index contributed by atoms with van der Waals surface area (Å²) in [5.41, 5.74) is 15.7. The first-order valence-electron chi connectivity index (χ1n) is 22.2. The lowest BCUT2D eigenvalue weighted by Crippen LogP contribution is -1.94. The summed E-state index contributed by atoms with van der Waals surface area (Å²) in [6, 6.07) is 67.7. The van der Waals surface area contributed by atoms with Crippen molar-refractivity contribution in [3.8, 4) is 44.8 Å². The zero-order valence-corrected chi connectivity index (χ0v) is 36.5. The van der Waals surface area contributed by atoms with Crippen LogP contribution in [0.25, 0.3) is 110 Å². The molecule has 0 atom stereocenters. The van der Waals surface area contributed by atoms with E-state index in [1.807, 2.05) is 38.4 Å². The van der Waals surface area contributed by atoms with Crippen LogP contribution in [0.4, 0.5) is 0 Å². The SMILES string of the molecule is C=C/C=C\C=C.CC.c1cc(-c2cccc(-c3ccc4oc5ccc(-n6c7ccccc7c7ccncc76)cc5c4c3)c2)cc(-c2cccc(-n3c4ccccc4c4ccccc43)c2)c1. The molecule has 0 unspecified atom stereocenters. The minimum absolute atomic E-state index is 0.873. The van der Waals surface area contributed by atoms with E-state index in [4.69, 9.17) is 4.42 Å². The van der Waals surface area contributed by atoms with Gasteiger partial charge in [0.15, 0.2) is 0 Å². The summed E-state index contributed by atoms with van der Waals surface area (Å²) < 4.78 is 11.1. The Morgan fingerprint density at radius 1 is 0.385 bits per heavy atom. The number of fused-ring (bicyclic) bond motifs is 9. The minimum atomic E-state index is 0.873. The van der Waals surface area contributed by atoms with Crippen molar-refractivity contribution in [2.75, 3.05) is 0 Å². The van der Waals surface area contributed by atoms with Crippen molar-refractivity contribution in [2.45, 2.75) is 13.8 Å². The van der Waals surface area contributed by atoms with E-state index in [9.17, 15) is 0 Å². The zero-order chi connectivity index (χ0) is 44.3. The molecule has 0 bridgehead atoms. The summed E-state index contributed by atoms with van der Waals surface area (Å²) in [4.78, 5) is 4.48. The highest BCUT2D eigenvalue weighted by Gasteiger charge is 2.16. The largest absolute Gasteiger partial charge is 0.456 e. The number of hydrogen-bond acceptors (Lipinski definition) is 2. The van der Waals surface area contributed by atoms with Crippen molar-refractivity contribution in [3.05, 3.63) is 238 Å².